The molecule has 0 aliphatic heterocycles. The predicted molar refractivity (Wildman–Crippen MR) is 116 cm³/mol. The van der Waals surface area contributed by atoms with E-state index >= 15 is 0 Å². The summed E-state index contributed by atoms with van der Waals surface area (Å²) in [6, 6.07) is 21.1. The molecule has 0 atom stereocenters. The van der Waals surface area contributed by atoms with Crippen LogP contribution in [0.15, 0.2) is 78.3 Å². The number of amides is 1. The van der Waals surface area contributed by atoms with Crippen molar-refractivity contribution in [3.05, 3.63) is 83.9 Å². The number of nitrogens with one attached hydrogen (secondary N) is 1. The van der Waals surface area contributed by atoms with Gasteiger partial charge in [0.1, 0.15) is 10.6 Å². The van der Waals surface area contributed by atoms with Crippen molar-refractivity contribution in [3.8, 4) is 27.7 Å². The Morgan fingerprint density at radius 3 is 2.69 bits per heavy atom. The zero-order valence-corrected chi connectivity index (χ0v) is 16.6. The van der Waals surface area contributed by atoms with Crippen molar-refractivity contribution in [2.75, 3.05) is 11.9 Å². The molecular weight excluding hydrogens is 382 g/mol. The smallest absolute Gasteiger partial charge is 0.261 e. The van der Waals surface area contributed by atoms with Crippen LogP contribution in [0.5, 0.6) is 5.88 Å². The lowest BCUT2D eigenvalue weighted by Crippen LogP contribution is -2.14. The third kappa shape index (κ3) is 4.33. The molecule has 4 rings (SSSR count). The number of carbonyl (C=O) groups excluding carboxylic acids is 1. The highest BCUT2D eigenvalue weighted by Crippen LogP contribution is 2.30. The number of thiazole rings is 1. The summed E-state index contributed by atoms with van der Waals surface area (Å²) in [5.74, 6) is 0.0672. The van der Waals surface area contributed by atoms with Crippen LogP contribution in [0.2, 0.25) is 0 Å². The number of carbonyl (C=O) groups is 1. The first-order valence-corrected chi connectivity index (χ1v) is 10.1. The van der Waals surface area contributed by atoms with E-state index in [0.717, 1.165) is 21.8 Å². The van der Waals surface area contributed by atoms with E-state index in [-0.39, 0.29) is 5.91 Å². The summed E-state index contributed by atoms with van der Waals surface area (Å²) in [6.07, 6.45) is 1.61. The maximum absolute atomic E-state index is 12.7. The number of pyridine rings is 1. The summed E-state index contributed by atoms with van der Waals surface area (Å²) in [4.78, 5) is 21.6. The van der Waals surface area contributed by atoms with Crippen LogP contribution in [0.25, 0.3) is 21.8 Å². The lowest BCUT2D eigenvalue weighted by molar-refractivity contribution is 0.102. The van der Waals surface area contributed by atoms with E-state index in [0.29, 0.717) is 23.7 Å². The molecule has 1 N–H and O–H groups in total. The summed E-state index contributed by atoms with van der Waals surface area (Å²) in [6.45, 7) is 2.30. The molecule has 0 spiro atoms. The van der Waals surface area contributed by atoms with Gasteiger partial charge in [0.15, 0.2) is 0 Å². The van der Waals surface area contributed by atoms with Gasteiger partial charge in [-0.3, -0.25) is 4.79 Å². The summed E-state index contributed by atoms with van der Waals surface area (Å²) in [5, 5.41) is 5.91. The second-order valence-corrected chi connectivity index (χ2v) is 7.09. The molecule has 2 aromatic carbocycles. The van der Waals surface area contributed by atoms with Crippen molar-refractivity contribution in [1.82, 2.24) is 9.97 Å². The monoisotopic (exact) mass is 401 g/mol. The number of hydrogen-bond donors (Lipinski definition) is 1. The van der Waals surface area contributed by atoms with Gasteiger partial charge in [-0.1, -0.05) is 42.5 Å². The highest BCUT2D eigenvalue weighted by molar-refractivity contribution is 7.13. The topological polar surface area (TPSA) is 64.1 Å². The van der Waals surface area contributed by atoms with Crippen LogP contribution >= 0.6 is 11.3 Å². The Bertz CT molecular complexity index is 1130. The number of rotatable bonds is 6. The minimum absolute atomic E-state index is 0.262. The standard InChI is InChI=1S/C23H19N3O2S/c1-2-28-22-19(12-7-13-24-22)21(27)25-18-11-6-10-17(14-18)20-15-29-23(26-20)16-8-4-3-5-9-16/h3-15H,2H2,1H3,(H,25,27). The molecular formula is C23H19N3O2S. The highest BCUT2D eigenvalue weighted by atomic mass is 32.1. The number of anilines is 1. The fourth-order valence-electron chi connectivity index (χ4n) is 2.89. The first kappa shape index (κ1) is 18.8. The van der Waals surface area contributed by atoms with Crippen LogP contribution in [0, 0.1) is 0 Å². The molecule has 4 aromatic rings. The molecule has 0 aliphatic carbocycles. The molecule has 144 valence electrons. The molecule has 0 unspecified atom stereocenters. The van der Waals surface area contributed by atoms with Gasteiger partial charge in [-0.25, -0.2) is 9.97 Å². The zero-order valence-electron chi connectivity index (χ0n) is 15.8. The first-order valence-electron chi connectivity index (χ1n) is 9.25. The van der Waals surface area contributed by atoms with E-state index in [9.17, 15) is 4.79 Å². The second kappa shape index (κ2) is 8.67. The number of aromatic nitrogens is 2. The predicted octanol–water partition coefficient (Wildman–Crippen LogP) is 5.52. The Kier molecular flexibility index (Phi) is 5.63. The molecule has 6 heteroatoms. The molecule has 29 heavy (non-hydrogen) atoms. The van der Waals surface area contributed by atoms with Crippen LogP contribution < -0.4 is 10.1 Å². The molecule has 0 fully saturated rings. The summed E-state index contributed by atoms with van der Waals surface area (Å²) in [5.41, 5.74) is 4.00. The van der Waals surface area contributed by atoms with Crippen molar-refractivity contribution in [2.24, 2.45) is 0 Å². The molecule has 5 nitrogen and oxygen atoms in total. The van der Waals surface area contributed by atoms with Gasteiger partial charge in [-0.2, -0.15) is 0 Å². The Morgan fingerprint density at radius 2 is 1.86 bits per heavy atom. The Balaban J connectivity index is 1.56. The van der Waals surface area contributed by atoms with Crippen LogP contribution in [0.3, 0.4) is 0 Å². The van der Waals surface area contributed by atoms with Gasteiger partial charge in [0.05, 0.1) is 12.3 Å². The maximum atomic E-state index is 12.7. The van der Waals surface area contributed by atoms with Gasteiger partial charge in [-0.15, -0.1) is 11.3 Å². The highest BCUT2D eigenvalue weighted by Gasteiger charge is 2.14. The van der Waals surface area contributed by atoms with Crippen LogP contribution in [0.1, 0.15) is 17.3 Å². The first-order chi connectivity index (χ1) is 14.2. The summed E-state index contributed by atoms with van der Waals surface area (Å²) >= 11 is 1.60. The number of benzene rings is 2. The lowest BCUT2D eigenvalue weighted by atomic mass is 10.1. The van der Waals surface area contributed by atoms with Gasteiger partial charge in [0, 0.05) is 28.4 Å². The van der Waals surface area contributed by atoms with Gasteiger partial charge < -0.3 is 10.1 Å². The average molecular weight is 401 g/mol. The van der Waals surface area contributed by atoms with Crippen LogP contribution in [0.4, 0.5) is 5.69 Å². The Labute approximate surface area is 173 Å². The SMILES string of the molecule is CCOc1ncccc1C(=O)Nc1cccc(-c2csc(-c3ccccc3)n2)c1. The lowest BCUT2D eigenvalue weighted by Gasteiger charge is -2.10. The van der Waals surface area contributed by atoms with Gasteiger partial charge in [-0.05, 0) is 31.2 Å². The molecule has 0 radical (unpaired) electrons. The molecule has 1 amide bonds. The van der Waals surface area contributed by atoms with Crippen molar-refractivity contribution >= 4 is 22.9 Å². The van der Waals surface area contributed by atoms with E-state index in [1.165, 1.54) is 0 Å². The van der Waals surface area contributed by atoms with E-state index in [1.807, 2.05) is 66.9 Å². The number of hydrogen-bond acceptors (Lipinski definition) is 5. The Hall–Kier alpha value is -3.51. The summed E-state index contributed by atoms with van der Waals surface area (Å²) in [7, 11) is 0. The molecule has 2 aromatic heterocycles. The molecule has 0 bridgehead atoms. The van der Waals surface area contributed by atoms with Crippen molar-refractivity contribution < 1.29 is 9.53 Å². The van der Waals surface area contributed by atoms with E-state index in [4.69, 9.17) is 9.72 Å². The third-order valence-corrected chi connectivity index (χ3v) is 5.13. The van der Waals surface area contributed by atoms with E-state index in [1.54, 1.807) is 29.7 Å². The quantitative estimate of drug-likeness (QED) is 0.462. The minimum Gasteiger partial charge on any atom is -0.477 e. The van der Waals surface area contributed by atoms with Gasteiger partial charge >= 0.3 is 0 Å². The van der Waals surface area contributed by atoms with Crippen molar-refractivity contribution in [1.29, 1.82) is 0 Å². The molecule has 0 saturated carbocycles. The maximum Gasteiger partial charge on any atom is 0.261 e. The largest absolute Gasteiger partial charge is 0.477 e. The number of nitrogens with zero attached hydrogens (tertiary/aromatic N) is 2. The van der Waals surface area contributed by atoms with E-state index in [2.05, 4.69) is 10.3 Å². The molecule has 2 heterocycles. The third-order valence-electron chi connectivity index (χ3n) is 4.24. The van der Waals surface area contributed by atoms with Crippen molar-refractivity contribution in [2.45, 2.75) is 6.92 Å². The fraction of sp³-hybridized carbons (Fsp3) is 0.0870. The van der Waals surface area contributed by atoms with Crippen LogP contribution in [-0.4, -0.2) is 22.5 Å². The van der Waals surface area contributed by atoms with Crippen LogP contribution in [-0.2, 0) is 0 Å². The second-order valence-electron chi connectivity index (χ2n) is 6.23. The van der Waals surface area contributed by atoms with Gasteiger partial charge in [0.2, 0.25) is 5.88 Å². The Morgan fingerprint density at radius 1 is 1.03 bits per heavy atom. The number of ether oxygens (including phenoxy) is 1. The zero-order chi connectivity index (χ0) is 20.1. The normalized spacial score (nSPS) is 10.5. The fourth-order valence-corrected chi connectivity index (χ4v) is 3.72. The minimum atomic E-state index is -0.262. The molecule has 0 aliphatic rings. The van der Waals surface area contributed by atoms with Gasteiger partial charge in [0.25, 0.3) is 5.91 Å². The van der Waals surface area contributed by atoms with Crippen molar-refractivity contribution in [3.63, 3.8) is 0 Å². The summed E-state index contributed by atoms with van der Waals surface area (Å²) < 4.78 is 5.45. The average Bonchev–Trinajstić information content (AvgIpc) is 3.26. The molecule has 0 saturated heterocycles. The van der Waals surface area contributed by atoms with E-state index < -0.39 is 0 Å².